The number of aromatic nitrogens is 3. The van der Waals surface area contributed by atoms with Gasteiger partial charge in [-0.25, -0.2) is 8.78 Å². The Morgan fingerprint density at radius 1 is 1.25 bits per heavy atom. The van der Waals surface area contributed by atoms with Gasteiger partial charge in [-0.05, 0) is 18.6 Å². The molecule has 0 bridgehead atoms. The minimum atomic E-state index is -0.638. The zero-order chi connectivity index (χ0) is 14.5. The molecule has 2 rings (SSSR count). The number of ether oxygens (including phenoxy) is 1. The summed E-state index contributed by atoms with van der Waals surface area (Å²) in [6.45, 7) is 2.34. The predicted octanol–water partition coefficient (Wildman–Crippen LogP) is 2.26. The first-order valence-electron chi connectivity index (χ1n) is 5.95. The summed E-state index contributed by atoms with van der Waals surface area (Å²) in [6, 6.07) is 3.02. The number of benzene rings is 1. The second-order valence-electron chi connectivity index (χ2n) is 3.90. The van der Waals surface area contributed by atoms with E-state index in [-0.39, 0.29) is 23.6 Å². The lowest BCUT2D eigenvalue weighted by Crippen LogP contribution is -2.08. The second kappa shape index (κ2) is 6.09. The normalized spacial score (nSPS) is 10.3. The van der Waals surface area contributed by atoms with E-state index in [0.717, 1.165) is 24.6 Å². The zero-order valence-electron chi connectivity index (χ0n) is 10.7. The fraction of sp³-hybridized carbons (Fsp3) is 0.250. The number of hydrogen-bond acceptors (Lipinski definition) is 6. The summed E-state index contributed by atoms with van der Waals surface area (Å²) in [5.74, 6) is -1.32. The maximum absolute atomic E-state index is 13.5. The summed E-state index contributed by atoms with van der Waals surface area (Å²) in [6.07, 6.45) is 0.771. The summed E-state index contributed by atoms with van der Waals surface area (Å²) >= 11 is 0. The van der Waals surface area contributed by atoms with E-state index < -0.39 is 11.6 Å². The summed E-state index contributed by atoms with van der Waals surface area (Å²) in [5, 5.41) is 2.53. The fourth-order valence-corrected chi connectivity index (χ4v) is 1.40. The SMILES string of the molecule is CCCOc1nc(N)nc(Nc2cc(F)ccc2F)n1. The van der Waals surface area contributed by atoms with Crippen molar-refractivity contribution in [3.8, 4) is 6.01 Å². The van der Waals surface area contributed by atoms with Gasteiger partial charge in [0.05, 0.1) is 12.3 Å². The lowest BCUT2D eigenvalue weighted by molar-refractivity contribution is 0.292. The molecule has 8 heteroatoms. The summed E-state index contributed by atoms with van der Waals surface area (Å²) < 4.78 is 31.8. The monoisotopic (exact) mass is 281 g/mol. The van der Waals surface area contributed by atoms with E-state index in [0.29, 0.717) is 6.61 Å². The van der Waals surface area contributed by atoms with Gasteiger partial charge in [0.2, 0.25) is 11.9 Å². The van der Waals surface area contributed by atoms with Crippen LogP contribution in [0.3, 0.4) is 0 Å². The van der Waals surface area contributed by atoms with Gasteiger partial charge < -0.3 is 15.8 Å². The quantitative estimate of drug-likeness (QED) is 0.874. The number of nitrogens with two attached hydrogens (primary N) is 1. The van der Waals surface area contributed by atoms with Crippen LogP contribution in [0.5, 0.6) is 6.01 Å². The highest BCUT2D eigenvalue weighted by atomic mass is 19.1. The van der Waals surface area contributed by atoms with E-state index >= 15 is 0 Å². The molecule has 0 saturated heterocycles. The maximum Gasteiger partial charge on any atom is 0.323 e. The third-order valence-electron chi connectivity index (χ3n) is 2.24. The molecule has 0 spiro atoms. The molecule has 106 valence electrons. The average Bonchev–Trinajstić information content (AvgIpc) is 2.40. The highest BCUT2D eigenvalue weighted by Gasteiger charge is 2.09. The average molecular weight is 281 g/mol. The predicted molar refractivity (Wildman–Crippen MR) is 69.7 cm³/mol. The largest absolute Gasteiger partial charge is 0.463 e. The van der Waals surface area contributed by atoms with E-state index in [2.05, 4.69) is 20.3 Å². The molecule has 0 atom stereocenters. The summed E-state index contributed by atoms with van der Waals surface area (Å²) in [5.41, 5.74) is 5.40. The van der Waals surface area contributed by atoms with Crippen molar-refractivity contribution in [3.05, 3.63) is 29.8 Å². The minimum Gasteiger partial charge on any atom is -0.463 e. The molecule has 0 radical (unpaired) electrons. The van der Waals surface area contributed by atoms with Crippen LogP contribution in [0.4, 0.5) is 26.4 Å². The van der Waals surface area contributed by atoms with Crippen LogP contribution in [-0.4, -0.2) is 21.6 Å². The van der Waals surface area contributed by atoms with Crippen LogP contribution < -0.4 is 15.8 Å². The van der Waals surface area contributed by atoms with Crippen molar-refractivity contribution in [3.63, 3.8) is 0 Å². The Hall–Kier alpha value is -2.51. The van der Waals surface area contributed by atoms with Crippen molar-refractivity contribution in [2.45, 2.75) is 13.3 Å². The number of nitrogen functional groups attached to an aromatic ring is 1. The Bertz CT molecular complexity index is 608. The van der Waals surface area contributed by atoms with E-state index in [9.17, 15) is 8.78 Å². The Morgan fingerprint density at radius 2 is 2.05 bits per heavy atom. The molecule has 6 nitrogen and oxygen atoms in total. The van der Waals surface area contributed by atoms with E-state index in [1.165, 1.54) is 0 Å². The van der Waals surface area contributed by atoms with Gasteiger partial charge in [0.15, 0.2) is 0 Å². The van der Waals surface area contributed by atoms with Gasteiger partial charge in [0.1, 0.15) is 11.6 Å². The van der Waals surface area contributed by atoms with E-state index in [1.807, 2.05) is 6.92 Å². The van der Waals surface area contributed by atoms with Crippen LogP contribution in [0.1, 0.15) is 13.3 Å². The standard InChI is InChI=1S/C12H13F2N5O/c1-2-5-20-12-18-10(15)17-11(19-12)16-9-6-7(13)3-4-8(9)14/h3-4,6H,2,5H2,1H3,(H3,15,16,17,18,19). The van der Waals surface area contributed by atoms with Crippen LogP contribution in [-0.2, 0) is 0 Å². The van der Waals surface area contributed by atoms with Crippen LogP contribution >= 0.6 is 0 Å². The van der Waals surface area contributed by atoms with Crippen molar-refractivity contribution >= 4 is 17.6 Å². The second-order valence-corrected chi connectivity index (χ2v) is 3.90. The number of halogens is 2. The molecular weight excluding hydrogens is 268 g/mol. The zero-order valence-corrected chi connectivity index (χ0v) is 10.7. The Balaban J connectivity index is 2.24. The lowest BCUT2D eigenvalue weighted by Gasteiger charge is -2.08. The topological polar surface area (TPSA) is 86.0 Å². The van der Waals surface area contributed by atoms with Gasteiger partial charge >= 0.3 is 6.01 Å². The third kappa shape index (κ3) is 3.50. The lowest BCUT2D eigenvalue weighted by atomic mass is 10.3. The van der Waals surface area contributed by atoms with E-state index in [1.54, 1.807) is 0 Å². The molecule has 3 N–H and O–H groups in total. The minimum absolute atomic E-state index is 0.0203. The Morgan fingerprint density at radius 3 is 2.80 bits per heavy atom. The molecular formula is C12H13F2N5O. The molecule has 0 aliphatic rings. The van der Waals surface area contributed by atoms with Crippen molar-refractivity contribution in [1.82, 2.24) is 15.0 Å². The number of rotatable bonds is 5. The van der Waals surface area contributed by atoms with Gasteiger partial charge in [-0.1, -0.05) is 6.92 Å². The maximum atomic E-state index is 13.5. The fourth-order valence-electron chi connectivity index (χ4n) is 1.40. The van der Waals surface area contributed by atoms with Gasteiger partial charge in [-0.15, -0.1) is 0 Å². The van der Waals surface area contributed by atoms with Crippen molar-refractivity contribution < 1.29 is 13.5 Å². The highest BCUT2D eigenvalue weighted by molar-refractivity contribution is 5.54. The summed E-state index contributed by atoms with van der Waals surface area (Å²) in [7, 11) is 0. The molecule has 0 saturated carbocycles. The van der Waals surface area contributed by atoms with Crippen LogP contribution in [0, 0.1) is 11.6 Å². The molecule has 0 unspecified atom stereocenters. The third-order valence-corrected chi connectivity index (χ3v) is 2.24. The summed E-state index contributed by atoms with van der Waals surface area (Å²) in [4.78, 5) is 11.5. The first kappa shape index (κ1) is 13.9. The van der Waals surface area contributed by atoms with Crippen molar-refractivity contribution in [1.29, 1.82) is 0 Å². The smallest absolute Gasteiger partial charge is 0.323 e. The first-order valence-corrected chi connectivity index (χ1v) is 5.95. The number of nitrogens with one attached hydrogen (secondary N) is 1. The van der Waals surface area contributed by atoms with Crippen LogP contribution in [0.2, 0.25) is 0 Å². The van der Waals surface area contributed by atoms with Crippen LogP contribution in [0.25, 0.3) is 0 Å². The first-order chi connectivity index (χ1) is 9.58. The van der Waals surface area contributed by atoms with E-state index in [4.69, 9.17) is 10.5 Å². The Labute approximate surface area is 114 Å². The molecule has 1 heterocycles. The molecule has 2 aromatic rings. The van der Waals surface area contributed by atoms with Crippen molar-refractivity contribution in [2.75, 3.05) is 17.7 Å². The molecule has 0 aliphatic heterocycles. The molecule has 0 aliphatic carbocycles. The molecule has 1 aromatic heterocycles. The van der Waals surface area contributed by atoms with Crippen LogP contribution in [0.15, 0.2) is 18.2 Å². The highest BCUT2D eigenvalue weighted by Crippen LogP contribution is 2.20. The van der Waals surface area contributed by atoms with Gasteiger partial charge in [-0.3, -0.25) is 0 Å². The number of hydrogen-bond donors (Lipinski definition) is 2. The van der Waals surface area contributed by atoms with Gasteiger partial charge in [-0.2, -0.15) is 15.0 Å². The number of nitrogens with zero attached hydrogens (tertiary/aromatic N) is 3. The van der Waals surface area contributed by atoms with Gasteiger partial charge in [0, 0.05) is 6.07 Å². The Kier molecular flexibility index (Phi) is 4.24. The van der Waals surface area contributed by atoms with Gasteiger partial charge in [0.25, 0.3) is 0 Å². The van der Waals surface area contributed by atoms with Crippen molar-refractivity contribution in [2.24, 2.45) is 0 Å². The molecule has 20 heavy (non-hydrogen) atoms. The molecule has 0 fully saturated rings. The number of anilines is 3. The molecule has 1 aromatic carbocycles. The molecule has 0 amide bonds.